The molecule has 3 nitrogen and oxygen atoms in total. The molecule has 1 aliphatic rings. The predicted molar refractivity (Wildman–Crippen MR) is 82.5 cm³/mol. The fraction of sp³-hybridized carbons (Fsp3) is 0.533. The summed E-state index contributed by atoms with van der Waals surface area (Å²) in [4.78, 5) is 14.3. The third kappa shape index (κ3) is 3.57. The summed E-state index contributed by atoms with van der Waals surface area (Å²) in [5, 5.41) is 3.34. The highest BCUT2D eigenvalue weighted by Crippen LogP contribution is 2.31. The van der Waals surface area contributed by atoms with E-state index in [-0.39, 0.29) is 11.3 Å². The number of amides is 1. The topological polar surface area (TPSA) is 32.3 Å². The highest BCUT2D eigenvalue weighted by atomic mass is 79.9. The first-order valence-electron chi connectivity index (χ1n) is 6.66. The highest BCUT2D eigenvalue weighted by molar-refractivity contribution is 9.10. The largest absolute Gasteiger partial charge is 0.316 e. The van der Waals surface area contributed by atoms with Gasteiger partial charge in [0.2, 0.25) is 5.91 Å². The van der Waals surface area contributed by atoms with Crippen molar-refractivity contribution in [3.8, 4) is 0 Å². The van der Waals surface area contributed by atoms with Crippen molar-refractivity contribution in [2.24, 2.45) is 5.41 Å². The number of rotatable bonds is 1. The van der Waals surface area contributed by atoms with Crippen molar-refractivity contribution >= 4 is 27.5 Å². The van der Waals surface area contributed by atoms with Crippen molar-refractivity contribution in [2.75, 3.05) is 24.5 Å². The van der Waals surface area contributed by atoms with Gasteiger partial charge in [-0.15, -0.1) is 0 Å². The zero-order valence-electron chi connectivity index (χ0n) is 11.8. The van der Waals surface area contributed by atoms with E-state index < -0.39 is 0 Å². The molecule has 1 N–H and O–H groups in total. The lowest BCUT2D eigenvalue weighted by molar-refractivity contribution is -0.119. The summed E-state index contributed by atoms with van der Waals surface area (Å²) >= 11 is 3.58. The molecule has 1 heterocycles. The van der Waals surface area contributed by atoms with Gasteiger partial charge in [0.15, 0.2) is 0 Å². The van der Waals surface area contributed by atoms with Gasteiger partial charge in [-0.05, 0) is 46.0 Å². The van der Waals surface area contributed by atoms with E-state index in [2.05, 4.69) is 54.2 Å². The summed E-state index contributed by atoms with van der Waals surface area (Å²) < 4.78 is 0.991. The maximum Gasteiger partial charge on any atom is 0.228 e. The number of hydrogen-bond acceptors (Lipinski definition) is 2. The van der Waals surface area contributed by atoms with E-state index in [9.17, 15) is 4.79 Å². The first-order valence-corrected chi connectivity index (χ1v) is 7.46. The molecule has 0 bridgehead atoms. The number of carbonyl (C=O) groups excluding carboxylic acids is 1. The van der Waals surface area contributed by atoms with E-state index in [1.165, 1.54) is 5.56 Å². The van der Waals surface area contributed by atoms with Gasteiger partial charge in [-0.2, -0.15) is 0 Å². The molecule has 1 aromatic rings. The lowest BCUT2D eigenvalue weighted by Gasteiger charge is -2.35. The van der Waals surface area contributed by atoms with E-state index in [4.69, 9.17) is 0 Å². The Labute approximate surface area is 123 Å². The van der Waals surface area contributed by atoms with Gasteiger partial charge in [0.25, 0.3) is 0 Å². The minimum Gasteiger partial charge on any atom is -0.316 e. The maximum atomic E-state index is 12.4. The smallest absolute Gasteiger partial charge is 0.228 e. The molecule has 19 heavy (non-hydrogen) atoms. The minimum absolute atomic E-state index is 0.0698. The first-order chi connectivity index (χ1) is 8.89. The van der Waals surface area contributed by atoms with Crippen LogP contribution in [0.15, 0.2) is 22.7 Å². The van der Waals surface area contributed by atoms with Crippen LogP contribution in [-0.4, -0.2) is 25.5 Å². The molecule has 0 aromatic heterocycles. The van der Waals surface area contributed by atoms with Crippen LogP contribution in [0.25, 0.3) is 0 Å². The Morgan fingerprint density at radius 3 is 2.79 bits per heavy atom. The molecule has 1 amide bonds. The first kappa shape index (κ1) is 14.5. The van der Waals surface area contributed by atoms with Crippen LogP contribution in [0.4, 0.5) is 5.69 Å². The van der Waals surface area contributed by atoms with Crippen molar-refractivity contribution in [1.82, 2.24) is 5.32 Å². The number of nitrogens with zero attached hydrogens (tertiary/aromatic N) is 1. The van der Waals surface area contributed by atoms with E-state index in [0.29, 0.717) is 6.42 Å². The molecule has 1 saturated heterocycles. The second-order valence-corrected chi connectivity index (χ2v) is 6.88. The van der Waals surface area contributed by atoms with E-state index in [0.717, 1.165) is 29.8 Å². The number of benzene rings is 1. The Balaban J connectivity index is 2.34. The molecular formula is C15H21BrN2O. The van der Waals surface area contributed by atoms with Crippen LogP contribution in [-0.2, 0) is 4.79 Å². The molecule has 0 radical (unpaired) electrons. The fourth-order valence-corrected chi connectivity index (χ4v) is 3.09. The van der Waals surface area contributed by atoms with Crippen molar-refractivity contribution in [3.63, 3.8) is 0 Å². The Morgan fingerprint density at radius 1 is 1.37 bits per heavy atom. The molecule has 104 valence electrons. The van der Waals surface area contributed by atoms with Crippen LogP contribution in [0.2, 0.25) is 0 Å². The maximum absolute atomic E-state index is 12.4. The molecule has 1 aliphatic heterocycles. The van der Waals surface area contributed by atoms with Gasteiger partial charge < -0.3 is 10.2 Å². The normalized spacial score (nSPS) is 20.0. The van der Waals surface area contributed by atoms with Gasteiger partial charge in [-0.3, -0.25) is 4.79 Å². The summed E-state index contributed by atoms with van der Waals surface area (Å²) in [7, 11) is 0. The van der Waals surface area contributed by atoms with Gasteiger partial charge in [-0.1, -0.05) is 19.9 Å². The van der Waals surface area contributed by atoms with Crippen molar-refractivity contribution in [3.05, 3.63) is 28.2 Å². The summed E-state index contributed by atoms with van der Waals surface area (Å²) in [6.45, 7) is 8.85. The Morgan fingerprint density at radius 2 is 2.11 bits per heavy atom. The Kier molecular flexibility index (Phi) is 4.31. The van der Waals surface area contributed by atoms with E-state index in [1.54, 1.807) is 0 Å². The summed E-state index contributed by atoms with van der Waals surface area (Å²) in [5.74, 6) is 0.185. The molecule has 0 saturated carbocycles. The van der Waals surface area contributed by atoms with Crippen molar-refractivity contribution < 1.29 is 4.79 Å². The van der Waals surface area contributed by atoms with Crippen LogP contribution in [0.3, 0.4) is 0 Å². The number of nitrogens with one attached hydrogen (secondary N) is 1. The third-order valence-corrected chi connectivity index (χ3v) is 4.04. The number of halogens is 1. The van der Waals surface area contributed by atoms with Crippen molar-refractivity contribution in [2.45, 2.75) is 27.2 Å². The fourth-order valence-electron chi connectivity index (χ4n) is 2.38. The molecular weight excluding hydrogens is 304 g/mol. The zero-order valence-corrected chi connectivity index (χ0v) is 13.4. The second-order valence-electron chi connectivity index (χ2n) is 6.03. The average Bonchev–Trinajstić information content (AvgIpc) is 2.31. The highest BCUT2D eigenvalue weighted by Gasteiger charge is 2.28. The van der Waals surface area contributed by atoms with Gasteiger partial charge in [0.1, 0.15) is 0 Å². The quantitative estimate of drug-likeness (QED) is 0.860. The Bertz CT molecular complexity index is 485. The van der Waals surface area contributed by atoms with Crippen LogP contribution in [0, 0.1) is 12.3 Å². The van der Waals surface area contributed by atoms with Gasteiger partial charge in [-0.25, -0.2) is 0 Å². The van der Waals surface area contributed by atoms with Gasteiger partial charge in [0.05, 0.1) is 5.69 Å². The minimum atomic E-state index is 0.0698. The molecule has 1 aromatic carbocycles. The summed E-state index contributed by atoms with van der Waals surface area (Å²) in [5.41, 5.74) is 2.24. The monoisotopic (exact) mass is 324 g/mol. The molecule has 1 fully saturated rings. The van der Waals surface area contributed by atoms with E-state index in [1.807, 2.05) is 11.0 Å². The molecule has 0 aliphatic carbocycles. The van der Waals surface area contributed by atoms with Gasteiger partial charge in [0, 0.05) is 30.5 Å². The third-order valence-electron chi connectivity index (χ3n) is 3.40. The lowest BCUT2D eigenvalue weighted by Crippen LogP contribution is -2.47. The molecule has 0 unspecified atom stereocenters. The van der Waals surface area contributed by atoms with Gasteiger partial charge >= 0.3 is 0 Å². The van der Waals surface area contributed by atoms with Crippen LogP contribution >= 0.6 is 15.9 Å². The zero-order chi connectivity index (χ0) is 14.0. The lowest BCUT2D eigenvalue weighted by atomic mass is 9.91. The van der Waals surface area contributed by atoms with Crippen molar-refractivity contribution in [1.29, 1.82) is 0 Å². The summed E-state index contributed by atoms with van der Waals surface area (Å²) in [6.07, 6.45) is 0.552. The molecule has 2 rings (SSSR count). The molecule has 0 atom stereocenters. The summed E-state index contributed by atoms with van der Waals surface area (Å²) in [6, 6.07) is 6.15. The number of anilines is 1. The average molecular weight is 325 g/mol. The number of carbonyl (C=O) groups is 1. The molecule has 0 spiro atoms. The van der Waals surface area contributed by atoms with Crippen LogP contribution < -0.4 is 10.2 Å². The molecule has 4 heteroatoms. The van der Waals surface area contributed by atoms with Crippen LogP contribution in [0.5, 0.6) is 0 Å². The number of aryl methyl sites for hydroxylation is 1. The van der Waals surface area contributed by atoms with Crippen LogP contribution in [0.1, 0.15) is 25.8 Å². The Hall–Kier alpha value is -0.870. The predicted octanol–water partition coefficient (Wildman–Crippen LogP) is 3.11. The van der Waals surface area contributed by atoms with E-state index >= 15 is 0 Å². The number of hydrogen-bond donors (Lipinski definition) is 1. The second kappa shape index (κ2) is 5.63. The SMILES string of the molecule is Cc1ccc(N2CC(C)(C)CNCCC2=O)c(Br)c1. The standard InChI is InChI=1S/C15H21BrN2O/c1-11-4-5-13(12(16)8-11)18-10-15(2,3)9-17-7-6-14(18)19/h4-5,8,17H,6-7,9-10H2,1-3H3.